The molecule has 0 atom stereocenters. The Morgan fingerprint density at radius 1 is 1.17 bits per heavy atom. The molecule has 0 saturated heterocycles. The Balaban J connectivity index is 1.94. The highest BCUT2D eigenvalue weighted by molar-refractivity contribution is 6.34. The maximum Gasteiger partial charge on any atom is 0.159 e. The van der Waals surface area contributed by atoms with Gasteiger partial charge in [0.1, 0.15) is 0 Å². The third-order valence-corrected chi connectivity index (χ3v) is 2.94. The van der Waals surface area contributed by atoms with Crippen LogP contribution in [0.25, 0.3) is 10.8 Å². The lowest BCUT2D eigenvalue weighted by atomic mass is 10.2. The lowest BCUT2D eigenvalue weighted by molar-refractivity contribution is 1.02. The standard InChI is InChI=1S/C12H10ClN5/c13-11-9-3-1-2-4-10(9)12(18-17-11)14-5-8-6-15-16-7-8/h1-4,6-7H,5H2,(H,14,18)(H,15,16). The van der Waals surface area contributed by atoms with Gasteiger partial charge >= 0.3 is 0 Å². The van der Waals surface area contributed by atoms with Crippen LogP contribution < -0.4 is 5.32 Å². The van der Waals surface area contributed by atoms with E-state index < -0.39 is 0 Å². The minimum Gasteiger partial charge on any atom is -0.364 e. The maximum absolute atomic E-state index is 6.01. The Morgan fingerprint density at radius 2 is 2.00 bits per heavy atom. The van der Waals surface area contributed by atoms with Gasteiger partial charge in [-0.3, -0.25) is 5.10 Å². The van der Waals surface area contributed by atoms with E-state index >= 15 is 0 Å². The van der Waals surface area contributed by atoms with Crippen LogP contribution in [0.4, 0.5) is 5.82 Å². The van der Waals surface area contributed by atoms with E-state index in [0.717, 1.165) is 22.2 Å². The molecule has 0 fully saturated rings. The first-order valence-electron chi connectivity index (χ1n) is 5.47. The topological polar surface area (TPSA) is 66.5 Å². The Kier molecular flexibility index (Phi) is 2.82. The van der Waals surface area contributed by atoms with Crippen LogP contribution in [0.3, 0.4) is 0 Å². The second-order valence-electron chi connectivity index (χ2n) is 3.85. The molecule has 0 amide bonds. The van der Waals surface area contributed by atoms with Crippen LogP contribution in [-0.2, 0) is 6.54 Å². The number of rotatable bonds is 3. The van der Waals surface area contributed by atoms with Gasteiger partial charge in [0, 0.05) is 29.1 Å². The maximum atomic E-state index is 6.01. The van der Waals surface area contributed by atoms with Crippen molar-refractivity contribution >= 4 is 28.2 Å². The minimum absolute atomic E-state index is 0.416. The second kappa shape index (κ2) is 4.62. The first kappa shape index (κ1) is 11.0. The number of benzene rings is 1. The van der Waals surface area contributed by atoms with Crippen LogP contribution >= 0.6 is 11.6 Å². The predicted molar refractivity (Wildman–Crippen MR) is 70.5 cm³/mol. The first-order chi connectivity index (χ1) is 8.84. The van der Waals surface area contributed by atoms with E-state index in [1.54, 1.807) is 6.20 Å². The van der Waals surface area contributed by atoms with Crippen molar-refractivity contribution < 1.29 is 0 Å². The van der Waals surface area contributed by atoms with E-state index in [4.69, 9.17) is 11.6 Å². The fourth-order valence-electron chi connectivity index (χ4n) is 1.76. The highest BCUT2D eigenvalue weighted by Gasteiger charge is 2.06. The van der Waals surface area contributed by atoms with Crippen LogP contribution in [0, 0.1) is 0 Å². The SMILES string of the molecule is Clc1nnc(NCc2cn[nH]c2)c2ccccc12. The number of hydrogen-bond acceptors (Lipinski definition) is 4. The molecule has 18 heavy (non-hydrogen) atoms. The fourth-order valence-corrected chi connectivity index (χ4v) is 1.96. The van der Waals surface area contributed by atoms with Crippen molar-refractivity contribution in [3.8, 4) is 0 Å². The normalized spacial score (nSPS) is 10.7. The van der Waals surface area contributed by atoms with E-state index in [1.165, 1.54) is 0 Å². The van der Waals surface area contributed by atoms with Crippen molar-refractivity contribution in [3.05, 3.63) is 47.4 Å². The molecule has 0 bridgehead atoms. The van der Waals surface area contributed by atoms with Gasteiger partial charge in [-0.2, -0.15) is 5.10 Å². The van der Waals surface area contributed by atoms with Gasteiger partial charge in [0.05, 0.1) is 6.20 Å². The third-order valence-electron chi connectivity index (χ3n) is 2.66. The number of fused-ring (bicyclic) bond motifs is 1. The summed E-state index contributed by atoms with van der Waals surface area (Å²) in [5, 5.41) is 20.2. The molecule has 90 valence electrons. The molecule has 2 aromatic heterocycles. The van der Waals surface area contributed by atoms with Crippen molar-refractivity contribution in [2.75, 3.05) is 5.32 Å². The van der Waals surface area contributed by atoms with Gasteiger partial charge in [0.25, 0.3) is 0 Å². The molecule has 6 heteroatoms. The number of hydrogen-bond donors (Lipinski definition) is 2. The highest BCUT2D eigenvalue weighted by Crippen LogP contribution is 2.25. The molecule has 2 heterocycles. The molecular weight excluding hydrogens is 250 g/mol. The molecule has 1 aromatic carbocycles. The van der Waals surface area contributed by atoms with Crippen molar-refractivity contribution in [1.29, 1.82) is 0 Å². The van der Waals surface area contributed by atoms with Crippen LogP contribution in [0.1, 0.15) is 5.56 Å². The largest absolute Gasteiger partial charge is 0.364 e. The number of H-pyrrole nitrogens is 1. The Labute approximate surface area is 108 Å². The summed E-state index contributed by atoms with van der Waals surface area (Å²) in [4.78, 5) is 0. The molecule has 0 aliphatic carbocycles. The lowest BCUT2D eigenvalue weighted by Gasteiger charge is -2.07. The summed E-state index contributed by atoms with van der Waals surface area (Å²) in [5.74, 6) is 0.719. The van der Waals surface area contributed by atoms with Crippen molar-refractivity contribution in [1.82, 2.24) is 20.4 Å². The summed E-state index contributed by atoms with van der Waals surface area (Å²) < 4.78 is 0. The molecule has 0 aliphatic rings. The van der Waals surface area contributed by atoms with E-state index in [2.05, 4.69) is 25.7 Å². The number of aromatic amines is 1. The average molecular weight is 260 g/mol. The quantitative estimate of drug-likeness (QED) is 0.759. The number of anilines is 1. The average Bonchev–Trinajstić information content (AvgIpc) is 2.92. The Hall–Kier alpha value is -2.14. The lowest BCUT2D eigenvalue weighted by Crippen LogP contribution is -2.02. The summed E-state index contributed by atoms with van der Waals surface area (Å²) in [6.07, 6.45) is 3.59. The predicted octanol–water partition coefficient (Wildman–Crippen LogP) is 2.62. The van der Waals surface area contributed by atoms with Crippen LogP contribution in [0.5, 0.6) is 0 Å². The van der Waals surface area contributed by atoms with Crippen LogP contribution in [0.2, 0.25) is 5.15 Å². The summed E-state index contributed by atoms with van der Waals surface area (Å²) >= 11 is 6.01. The van der Waals surface area contributed by atoms with Gasteiger partial charge in [0.15, 0.2) is 11.0 Å². The smallest absolute Gasteiger partial charge is 0.159 e. The van der Waals surface area contributed by atoms with E-state index in [9.17, 15) is 0 Å². The van der Waals surface area contributed by atoms with Gasteiger partial charge in [-0.15, -0.1) is 10.2 Å². The van der Waals surface area contributed by atoms with E-state index in [-0.39, 0.29) is 0 Å². The second-order valence-corrected chi connectivity index (χ2v) is 4.20. The van der Waals surface area contributed by atoms with Gasteiger partial charge in [-0.1, -0.05) is 35.9 Å². The van der Waals surface area contributed by atoms with Crippen LogP contribution in [-0.4, -0.2) is 20.4 Å². The molecular formula is C12H10ClN5. The Bertz CT molecular complexity index is 665. The van der Waals surface area contributed by atoms with Crippen molar-refractivity contribution in [2.24, 2.45) is 0 Å². The molecule has 0 saturated carbocycles. The summed E-state index contributed by atoms with van der Waals surface area (Å²) in [6, 6.07) is 7.77. The molecule has 2 N–H and O–H groups in total. The zero-order valence-electron chi connectivity index (χ0n) is 9.39. The highest BCUT2D eigenvalue weighted by atomic mass is 35.5. The van der Waals surface area contributed by atoms with Gasteiger partial charge in [-0.05, 0) is 0 Å². The number of halogens is 1. The summed E-state index contributed by atoms with van der Waals surface area (Å²) in [6.45, 7) is 0.636. The third kappa shape index (κ3) is 2.00. The molecule has 0 unspecified atom stereocenters. The number of nitrogens with one attached hydrogen (secondary N) is 2. The van der Waals surface area contributed by atoms with Gasteiger partial charge in [0.2, 0.25) is 0 Å². The molecule has 3 aromatic rings. The number of nitrogens with zero attached hydrogens (tertiary/aromatic N) is 3. The molecule has 5 nitrogen and oxygen atoms in total. The van der Waals surface area contributed by atoms with Crippen molar-refractivity contribution in [2.45, 2.75) is 6.54 Å². The zero-order chi connectivity index (χ0) is 12.4. The monoisotopic (exact) mass is 259 g/mol. The molecule has 3 rings (SSSR count). The van der Waals surface area contributed by atoms with Crippen molar-refractivity contribution in [3.63, 3.8) is 0 Å². The number of aromatic nitrogens is 4. The fraction of sp³-hybridized carbons (Fsp3) is 0.0833. The summed E-state index contributed by atoms with van der Waals surface area (Å²) in [7, 11) is 0. The van der Waals surface area contributed by atoms with Crippen LogP contribution in [0.15, 0.2) is 36.7 Å². The van der Waals surface area contributed by atoms with E-state index in [1.807, 2.05) is 30.5 Å². The summed E-state index contributed by atoms with van der Waals surface area (Å²) in [5.41, 5.74) is 1.05. The molecule has 0 spiro atoms. The first-order valence-corrected chi connectivity index (χ1v) is 5.85. The van der Waals surface area contributed by atoms with E-state index in [0.29, 0.717) is 11.7 Å². The minimum atomic E-state index is 0.416. The van der Waals surface area contributed by atoms with Gasteiger partial charge in [-0.25, -0.2) is 0 Å². The van der Waals surface area contributed by atoms with Gasteiger partial charge < -0.3 is 5.32 Å². The molecule has 0 radical (unpaired) electrons. The zero-order valence-corrected chi connectivity index (χ0v) is 10.1. The Morgan fingerprint density at radius 3 is 2.78 bits per heavy atom. The molecule has 0 aliphatic heterocycles.